The second-order valence-corrected chi connectivity index (χ2v) is 5.64. The van der Waals surface area contributed by atoms with Crippen LogP contribution in [-0.4, -0.2) is 32.6 Å². The Hall–Kier alpha value is -1.85. The molecule has 5 nitrogen and oxygen atoms in total. The van der Waals surface area contributed by atoms with E-state index >= 15 is 0 Å². The van der Waals surface area contributed by atoms with Crippen molar-refractivity contribution < 1.29 is 15.0 Å². The Morgan fingerprint density at radius 2 is 1.81 bits per heavy atom. The molecule has 0 aliphatic heterocycles. The van der Waals surface area contributed by atoms with Crippen molar-refractivity contribution in [3.05, 3.63) is 45.6 Å². The largest absolute Gasteiger partial charge is 0.503 e. The second kappa shape index (κ2) is 5.87. The van der Waals surface area contributed by atoms with Gasteiger partial charge < -0.3 is 19.7 Å². The number of rotatable bonds is 3. The number of hydrogen-bond acceptors (Lipinski definition) is 3. The first-order valence-corrected chi connectivity index (χ1v) is 6.83. The number of hydrogen-bond donors (Lipinski definition) is 2. The number of halogens is 2. The van der Waals surface area contributed by atoms with E-state index in [9.17, 15) is 15.0 Å². The van der Waals surface area contributed by atoms with Gasteiger partial charge in [0.15, 0.2) is 5.75 Å². The summed E-state index contributed by atoms with van der Waals surface area (Å²) in [6, 6.07) is 5.02. The van der Waals surface area contributed by atoms with Crippen LogP contribution in [0.1, 0.15) is 15.9 Å². The maximum Gasteiger partial charge on any atom is 0.259 e. The van der Waals surface area contributed by atoms with Crippen LogP contribution in [0.3, 0.4) is 0 Å². The zero-order valence-corrected chi connectivity index (χ0v) is 13.0. The van der Waals surface area contributed by atoms with E-state index in [1.807, 2.05) is 0 Å². The van der Waals surface area contributed by atoms with E-state index in [1.54, 1.807) is 25.2 Å². The van der Waals surface area contributed by atoms with Gasteiger partial charge in [-0.2, -0.15) is 0 Å². The molecular weight excluding hydrogens is 315 g/mol. The topological polar surface area (TPSA) is 65.7 Å². The van der Waals surface area contributed by atoms with Gasteiger partial charge in [0.2, 0.25) is 5.88 Å². The van der Waals surface area contributed by atoms with Crippen molar-refractivity contribution in [3.8, 4) is 11.6 Å². The molecule has 0 unspecified atom stereocenters. The maximum atomic E-state index is 12.3. The minimum atomic E-state index is -0.432. The monoisotopic (exact) mass is 328 g/mol. The number of benzene rings is 1. The molecule has 0 spiro atoms. The van der Waals surface area contributed by atoms with E-state index in [-0.39, 0.29) is 18.0 Å². The third-order valence-corrected chi connectivity index (χ3v) is 3.48. The van der Waals surface area contributed by atoms with Crippen LogP contribution in [-0.2, 0) is 13.6 Å². The average molecular weight is 329 g/mol. The number of aryl methyl sites for hydroxylation is 1. The van der Waals surface area contributed by atoms with Crippen LogP contribution >= 0.6 is 23.2 Å². The second-order valence-electron chi connectivity index (χ2n) is 4.76. The SMILES string of the molecule is CN(Cc1cc(Cl)cc(Cl)c1)C(=O)c1cn(C)c(O)c1O. The van der Waals surface area contributed by atoms with Crippen molar-refractivity contribution in [2.75, 3.05) is 7.05 Å². The number of aromatic hydroxyl groups is 2. The lowest BCUT2D eigenvalue weighted by Gasteiger charge is -2.17. The van der Waals surface area contributed by atoms with Gasteiger partial charge in [0.1, 0.15) is 5.56 Å². The van der Waals surface area contributed by atoms with Gasteiger partial charge in [0, 0.05) is 36.9 Å². The summed E-state index contributed by atoms with van der Waals surface area (Å²) in [4.78, 5) is 13.7. The van der Waals surface area contributed by atoms with Gasteiger partial charge in [-0.25, -0.2) is 0 Å². The Labute approximate surface area is 131 Å². The van der Waals surface area contributed by atoms with Crippen LogP contribution in [0.25, 0.3) is 0 Å². The Kier molecular flexibility index (Phi) is 4.34. The van der Waals surface area contributed by atoms with Crippen LogP contribution in [0.2, 0.25) is 10.0 Å². The number of amides is 1. The van der Waals surface area contributed by atoms with Crippen LogP contribution in [0, 0.1) is 0 Å². The predicted octanol–water partition coefficient (Wildman–Crippen LogP) is 3.02. The fourth-order valence-corrected chi connectivity index (χ4v) is 2.58. The van der Waals surface area contributed by atoms with E-state index in [2.05, 4.69) is 0 Å². The summed E-state index contributed by atoms with van der Waals surface area (Å²) in [6.45, 7) is 0.272. The third-order valence-electron chi connectivity index (χ3n) is 3.04. The van der Waals surface area contributed by atoms with E-state index < -0.39 is 11.7 Å². The Bertz CT molecular complexity index is 678. The highest BCUT2D eigenvalue weighted by molar-refractivity contribution is 6.34. The minimum Gasteiger partial charge on any atom is -0.503 e. The van der Waals surface area contributed by atoms with E-state index in [0.29, 0.717) is 10.0 Å². The van der Waals surface area contributed by atoms with Gasteiger partial charge in [-0.3, -0.25) is 4.79 Å². The lowest BCUT2D eigenvalue weighted by atomic mass is 10.2. The molecule has 0 saturated carbocycles. The molecule has 0 atom stereocenters. The molecule has 0 radical (unpaired) electrons. The van der Waals surface area contributed by atoms with Gasteiger partial charge in [-0.1, -0.05) is 23.2 Å². The molecule has 7 heteroatoms. The van der Waals surface area contributed by atoms with E-state index in [0.717, 1.165) is 5.56 Å². The van der Waals surface area contributed by atoms with Crippen molar-refractivity contribution in [1.29, 1.82) is 0 Å². The fraction of sp³-hybridized carbons (Fsp3) is 0.214. The Balaban J connectivity index is 2.21. The Morgan fingerprint density at radius 3 is 2.29 bits per heavy atom. The molecule has 0 bridgehead atoms. The summed E-state index contributed by atoms with van der Waals surface area (Å²) in [5, 5.41) is 20.2. The van der Waals surface area contributed by atoms with Gasteiger partial charge >= 0.3 is 0 Å². The highest BCUT2D eigenvalue weighted by Gasteiger charge is 2.22. The molecular formula is C14H14Cl2N2O3. The lowest BCUT2D eigenvalue weighted by Crippen LogP contribution is -2.26. The number of carbonyl (C=O) groups excluding carboxylic acids is 1. The molecule has 2 aromatic rings. The molecule has 0 fully saturated rings. The van der Waals surface area contributed by atoms with Gasteiger partial charge in [0.05, 0.1) is 0 Å². The zero-order valence-electron chi connectivity index (χ0n) is 11.5. The molecule has 1 aromatic heterocycles. The fourth-order valence-electron chi connectivity index (χ4n) is 2.01. The quantitative estimate of drug-likeness (QED) is 0.910. The number of carbonyl (C=O) groups is 1. The van der Waals surface area contributed by atoms with Gasteiger partial charge in [-0.15, -0.1) is 0 Å². The van der Waals surface area contributed by atoms with E-state index in [1.165, 1.54) is 22.7 Å². The highest BCUT2D eigenvalue weighted by atomic mass is 35.5. The summed E-state index contributed by atoms with van der Waals surface area (Å²) in [5.74, 6) is -1.20. The number of aromatic nitrogens is 1. The minimum absolute atomic E-state index is 0.0330. The smallest absolute Gasteiger partial charge is 0.259 e. The first kappa shape index (κ1) is 15.5. The third kappa shape index (κ3) is 3.25. The molecule has 112 valence electrons. The average Bonchev–Trinajstić information content (AvgIpc) is 2.64. The number of nitrogens with zero attached hydrogens (tertiary/aromatic N) is 2. The summed E-state index contributed by atoms with van der Waals surface area (Å²) in [6.07, 6.45) is 1.37. The molecule has 2 N–H and O–H groups in total. The van der Waals surface area contributed by atoms with Crippen molar-refractivity contribution in [2.24, 2.45) is 7.05 Å². The summed E-state index contributed by atoms with van der Waals surface area (Å²) < 4.78 is 1.27. The van der Waals surface area contributed by atoms with Crippen LogP contribution < -0.4 is 0 Å². The molecule has 2 rings (SSSR count). The molecule has 0 aliphatic carbocycles. The van der Waals surface area contributed by atoms with E-state index in [4.69, 9.17) is 23.2 Å². The van der Waals surface area contributed by atoms with Crippen molar-refractivity contribution in [1.82, 2.24) is 9.47 Å². The highest BCUT2D eigenvalue weighted by Crippen LogP contribution is 2.31. The molecule has 1 aromatic carbocycles. The van der Waals surface area contributed by atoms with Crippen LogP contribution in [0.5, 0.6) is 11.6 Å². The lowest BCUT2D eigenvalue weighted by molar-refractivity contribution is 0.0782. The van der Waals surface area contributed by atoms with Crippen molar-refractivity contribution in [2.45, 2.75) is 6.54 Å². The van der Waals surface area contributed by atoms with Gasteiger partial charge in [-0.05, 0) is 23.8 Å². The van der Waals surface area contributed by atoms with Gasteiger partial charge in [0.25, 0.3) is 5.91 Å². The summed E-state index contributed by atoms with van der Waals surface area (Å²) in [5.41, 5.74) is 0.800. The maximum absolute atomic E-state index is 12.3. The first-order chi connectivity index (χ1) is 9.79. The van der Waals surface area contributed by atoms with Crippen LogP contribution in [0.4, 0.5) is 0 Å². The van der Waals surface area contributed by atoms with Crippen LogP contribution in [0.15, 0.2) is 24.4 Å². The predicted molar refractivity (Wildman–Crippen MR) is 81.0 cm³/mol. The normalized spacial score (nSPS) is 10.7. The first-order valence-electron chi connectivity index (χ1n) is 6.07. The molecule has 1 heterocycles. The summed E-state index contributed by atoms with van der Waals surface area (Å²) in [7, 11) is 3.11. The Morgan fingerprint density at radius 1 is 1.24 bits per heavy atom. The molecule has 0 saturated heterocycles. The molecule has 0 aliphatic rings. The van der Waals surface area contributed by atoms with Crippen molar-refractivity contribution in [3.63, 3.8) is 0 Å². The molecule has 1 amide bonds. The molecule has 21 heavy (non-hydrogen) atoms. The standard InChI is InChI=1S/C14H14Cl2N2O3/c1-17(6-8-3-9(15)5-10(16)4-8)13(20)11-7-18(2)14(21)12(11)19/h3-5,7,19,21H,6H2,1-2H3. The summed E-state index contributed by atoms with van der Waals surface area (Å²) >= 11 is 11.8. The van der Waals surface area contributed by atoms with Crippen molar-refractivity contribution >= 4 is 29.1 Å². The zero-order chi connectivity index (χ0) is 15.7.